The molecule has 0 saturated carbocycles. The highest BCUT2D eigenvalue weighted by atomic mass is 16.5. The highest BCUT2D eigenvalue weighted by Crippen LogP contribution is 2.23. The van der Waals surface area contributed by atoms with Crippen LogP contribution in [0.1, 0.15) is 43.7 Å². The minimum Gasteiger partial charge on any atom is -0.368 e. The van der Waals surface area contributed by atoms with Gasteiger partial charge in [-0.1, -0.05) is 19.0 Å². The first-order valence-corrected chi connectivity index (χ1v) is 7.67. The zero-order chi connectivity index (χ0) is 15.3. The SMILES string of the molecule is CCc1noc(CC)c1CNC(=O)C1(OC)CCNCC1. The Morgan fingerprint density at radius 1 is 1.38 bits per heavy atom. The molecule has 1 fully saturated rings. The first-order valence-electron chi connectivity index (χ1n) is 7.67. The second kappa shape index (κ2) is 7.04. The summed E-state index contributed by atoms with van der Waals surface area (Å²) in [7, 11) is 1.61. The molecule has 21 heavy (non-hydrogen) atoms. The normalized spacial score (nSPS) is 17.7. The summed E-state index contributed by atoms with van der Waals surface area (Å²) in [6.07, 6.45) is 2.96. The van der Waals surface area contributed by atoms with Gasteiger partial charge in [0.25, 0.3) is 5.91 Å². The summed E-state index contributed by atoms with van der Waals surface area (Å²) < 4.78 is 10.9. The molecule has 1 aromatic heterocycles. The Hall–Kier alpha value is -1.40. The molecule has 1 saturated heterocycles. The highest BCUT2D eigenvalue weighted by molar-refractivity contribution is 5.85. The van der Waals surface area contributed by atoms with E-state index in [2.05, 4.69) is 15.8 Å². The van der Waals surface area contributed by atoms with Crippen LogP contribution in [0, 0.1) is 0 Å². The van der Waals surface area contributed by atoms with Crippen molar-refractivity contribution in [2.75, 3.05) is 20.2 Å². The molecule has 1 aliphatic rings. The average Bonchev–Trinajstić information content (AvgIpc) is 2.95. The summed E-state index contributed by atoms with van der Waals surface area (Å²) in [6, 6.07) is 0. The Kier molecular flexibility index (Phi) is 5.36. The number of amides is 1. The van der Waals surface area contributed by atoms with Crippen LogP contribution in [0.25, 0.3) is 0 Å². The van der Waals surface area contributed by atoms with Crippen molar-refractivity contribution in [2.45, 2.75) is 51.7 Å². The van der Waals surface area contributed by atoms with E-state index in [9.17, 15) is 4.79 Å². The van der Waals surface area contributed by atoms with E-state index in [1.165, 1.54) is 0 Å². The van der Waals surface area contributed by atoms with Crippen LogP contribution < -0.4 is 10.6 Å². The van der Waals surface area contributed by atoms with Crippen molar-refractivity contribution in [1.82, 2.24) is 15.8 Å². The van der Waals surface area contributed by atoms with E-state index in [1.54, 1.807) is 7.11 Å². The first kappa shape index (κ1) is 16.0. The fourth-order valence-corrected chi connectivity index (χ4v) is 2.82. The minimum absolute atomic E-state index is 0.0446. The van der Waals surface area contributed by atoms with Crippen molar-refractivity contribution in [2.24, 2.45) is 0 Å². The van der Waals surface area contributed by atoms with E-state index in [-0.39, 0.29) is 5.91 Å². The molecule has 1 aromatic rings. The smallest absolute Gasteiger partial charge is 0.252 e. The summed E-state index contributed by atoms with van der Waals surface area (Å²) in [4.78, 5) is 12.5. The second-order valence-electron chi connectivity index (χ2n) is 5.37. The molecule has 1 aliphatic heterocycles. The third kappa shape index (κ3) is 3.27. The third-order valence-corrected chi connectivity index (χ3v) is 4.25. The van der Waals surface area contributed by atoms with E-state index in [4.69, 9.17) is 9.26 Å². The van der Waals surface area contributed by atoms with E-state index < -0.39 is 5.60 Å². The number of piperidine rings is 1. The lowest BCUT2D eigenvalue weighted by molar-refractivity contribution is -0.146. The molecule has 0 bridgehead atoms. The predicted octanol–water partition coefficient (Wildman–Crippen LogP) is 1.18. The molecule has 6 heteroatoms. The molecule has 0 unspecified atom stereocenters. The van der Waals surface area contributed by atoms with Crippen LogP contribution in [0.5, 0.6) is 0 Å². The maximum absolute atomic E-state index is 12.5. The summed E-state index contributed by atoms with van der Waals surface area (Å²) in [6.45, 7) is 6.11. The number of hydrogen-bond acceptors (Lipinski definition) is 5. The fourth-order valence-electron chi connectivity index (χ4n) is 2.82. The van der Waals surface area contributed by atoms with Crippen LogP contribution in [0.4, 0.5) is 0 Å². The monoisotopic (exact) mass is 295 g/mol. The van der Waals surface area contributed by atoms with Crippen molar-refractivity contribution < 1.29 is 14.1 Å². The topological polar surface area (TPSA) is 76.4 Å². The predicted molar refractivity (Wildman–Crippen MR) is 78.9 cm³/mol. The summed E-state index contributed by atoms with van der Waals surface area (Å²) in [5.74, 6) is 0.806. The van der Waals surface area contributed by atoms with Crippen molar-refractivity contribution in [3.8, 4) is 0 Å². The number of hydrogen-bond donors (Lipinski definition) is 2. The van der Waals surface area contributed by atoms with Gasteiger partial charge in [0.15, 0.2) is 0 Å². The minimum atomic E-state index is -0.707. The number of carbonyl (C=O) groups excluding carboxylic acids is 1. The lowest BCUT2D eigenvalue weighted by atomic mass is 9.91. The van der Waals surface area contributed by atoms with E-state index in [1.807, 2.05) is 13.8 Å². The number of methoxy groups -OCH3 is 1. The Bertz CT molecular complexity index is 457. The van der Waals surface area contributed by atoms with Gasteiger partial charge >= 0.3 is 0 Å². The molecule has 0 atom stereocenters. The number of aryl methyl sites for hydroxylation is 2. The second-order valence-corrected chi connectivity index (χ2v) is 5.37. The zero-order valence-electron chi connectivity index (χ0n) is 13.1. The van der Waals surface area contributed by atoms with Gasteiger partial charge in [-0.25, -0.2) is 0 Å². The van der Waals surface area contributed by atoms with E-state index in [0.29, 0.717) is 19.4 Å². The summed E-state index contributed by atoms with van der Waals surface area (Å²) in [5, 5.41) is 10.3. The van der Waals surface area contributed by atoms with Crippen LogP contribution in [-0.2, 0) is 28.9 Å². The quantitative estimate of drug-likeness (QED) is 0.824. The van der Waals surface area contributed by atoms with Gasteiger partial charge in [-0.15, -0.1) is 0 Å². The molecule has 118 valence electrons. The number of nitrogens with zero attached hydrogens (tertiary/aromatic N) is 1. The maximum Gasteiger partial charge on any atom is 0.252 e. The molecule has 0 spiro atoms. The molecule has 0 aliphatic carbocycles. The Labute approximate surface area is 125 Å². The maximum atomic E-state index is 12.5. The lowest BCUT2D eigenvalue weighted by Gasteiger charge is -2.34. The molecule has 1 amide bonds. The molecular weight excluding hydrogens is 270 g/mol. The number of ether oxygens (including phenoxy) is 1. The third-order valence-electron chi connectivity index (χ3n) is 4.25. The summed E-state index contributed by atoms with van der Waals surface area (Å²) in [5.41, 5.74) is 1.22. The zero-order valence-corrected chi connectivity index (χ0v) is 13.1. The van der Waals surface area contributed by atoms with Gasteiger partial charge in [0.05, 0.1) is 5.69 Å². The number of rotatable bonds is 6. The van der Waals surface area contributed by atoms with Gasteiger partial charge in [-0.2, -0.15) is 0 Å². The average molecular weight is 295 g/mol. The van der Waals surface area contributed by atoms with Crippen molar-refractivity contribution in [3.05, 3.63) is 17.0 Å². The van der Waals surface area contributed by atoms with Gasteiger partial charge in [0.1, 0.15) is 11.4 Å². The van der Waals surface area contributed by atoms with Gasteiger partial charge in [-0.3, -0.25) is 4.79 Å². The first-order chi connectivity index (χ1) is 10.2. The lowest BCUT2D eigenvalue weighted by Crippen LogP contribution is -2.54. The van der Waals surface area contributed by atoms with Crippen LogP contribution >= 0.6 is 0 Å². The molecule has 2 heterocycles. The van der Waals surface area contributed by atoms with Crippen LogP contribution in [0.3, 0.4) is 0 Å². The standard InChI is InChI=1S/C15H25N3O3/c1-4-12-11(13(5-2)21-18-12)10-17-14(19)15(20-3)6-8-16-9-7-15/h16H,4-10H2,1-3H3,(H,17,19). The van der Waals surface area contributed by atoms with E-state index in [0.717, 1.165) is 42.9 Å². The molecule has 2 rings (SSSR count). The van der Waals surface area contributed by atoms with E-state index >= 15 is 0 Å². The van der Waals surface area contributed by atoms with Crippen molar-refractivity contribution >= 4 is 5.91 Å². The molecular formula is C15H25N3O3. The Morgan fingerprint density at radius 2 is 2.10 bits per heavy atom. The van der Waals surface area contributed by atoms with Crippen LogP contribution in [0.2, 0.25) is 0 Å². The Balaban J connectivity index is 2.05. The highest BCUT2D eigenvalue weighted by Gasteiger charge is 2.39. The molecule has 6 nitrogen and oxygen atoms in total. The van der Waals surface area contributed by atoms with Crippen molar-refractivity contribution in [3.63, 3.8) is 0 Å². The van der Waals surface area contributed by atoms with Crippen LogP contribution in [-0.4, -0.2) is 36.9 Å². The van der Waals surface area contributed by atoms with Crippen LogP contribution in [0.15, 0.2) is 4.52 Å². The van der Waals surface area contributed by atoms with Gasteiger partial charge in [0, 0.05) is 25.6 Å². The Morgan fingerprint density at radius 3 is 2.67 bits per heavy atom. The molecule has 0 aromatic carbocycles. The van der Waals surface area contributed by atoms with Gasteiger partial charge < -0.3 is 19.9 Å². The summed E-state index contributed by atoms with van der Waals surface area (Å²) >= 11 is 0. The number of nitrogens with one attached hydrogen (secondary N) is 2. The molecule has 0 radical (unpaired) electrons. The van der Waals surface area contributed by atoms with Gasteiger partial charge in [-0.05, 0) is 32.4 Å². The number of aromatic nitrogens is 1. The molecule has 2 N–H and O–H groups in total. The van der Waals surface area contributed by atoms with Gasteiger partial charge in [0.2, 0.25) is 0 Å². The fraction of sp³-hybridized carbons (Fsp3) is 0.733. The van der Waals surface area contributed by atoms with Crippen molar-refractivity contribution in [1.29, 1.82) is 0 Å². The number of carbonyl (C=O) groups is 1. The largest absolute Gasteiger partial charge is 0.368 e.